The number of carbonyl (C=O) groups excluding carboxylic acids is 1. The van der Waals surface area contributed by atoms with Crippen LogP contribution in [0.1, 0.15) is 39.3 Å². The predicted octanol–water partition coefficient (Wildman–Crippen LogP) is 2.59. The van der Waals surface area contributed by atoms with Gasteiger partial charge in [-0.3, -0.25) is 4.98 Å². The zero-order chi connectivity index (χ0) is 15.0. The number of hydrogen-bond acceptors (Lipinski definition) is 4. The van der Waals surface area contributed by atoms with Crippen LogP contribution in [0.4, 0.5) is 4.79 Å². The normalized spacial score (nSPS) is 11.2. The minimum atomic E-state index is -0.517. The van der Waals surface area contributed by atoms with Gasteiger partial charge < -0.3 is 14.7 Å². The Morgan fingerprint density at radius 1 is 1.35 bits per heavy atom. The molecule has 0 saturated heterocycles. The first-order chi connectivity index (χ1) is 9.42. The maximum atomic E-state index is 12.2. The number of aliphatic hydroxyl groups is 1. The average Bonchev–Trinajstić information content (AvgIpc) is 2.37. The van der Waals surface area contributed by atoms with Gasteiger partial charge in [-0.05, 0) is 45.7 Å². The predicted molar refractivity (Wildman–Crippen MR) is 77.2 cm³/mol. The molecule has 0 aliphatic carbocycles. The number of unbranched alkanes of at least 4 members (excludes halogenated alkanes) is 1. The molecule has 112 valence electrons. The standard InChI is InChI=1S/C15H24N2O3/c1-15(2,3)20-14(19)17(10-6-7-11-18)12-13-8-4-5-9-16-13/h4-5,8-9,18H,6-7,10-12H2,1-3H3. The first-order valence-corrected chi connectivity index (χ1v) is 6.91. The Labute approximate surface area is 120 Å². The smallest absolute Gasteiger partial charge is 0.410 e. The first kappa shape index (κ1) is 16.4. The summed E-state index contributed by atoms with van der Waals surface area (Å²) in [6.07, 6.45) is 2.77. The molecule has 5 heteroatoms. The van der Waals surface area contributed by atoms with E-state index in [9.17, 15) is 4.79 Å². The third-order valence-corrected chi connectivity index (χ3v) is 2.57. The van der Waals surface area contributed by atoms with Gasteiger partial charge in [-0.15, -0.1) is 0 Å². The molecule has 0 aliphatic heterocycles. The van der Waals surface area contributed by atoms with Crippen molar-refractivity contribution in [1.82, 2.24) is 9.88 Å². The second-order valence-corrected chi connectivity index (χ2v) is 5.65. The highest BCUT2D eigenvalue weighted by Crippen LogP contribution is 2.12. The summed E-state index contributed by atoms with van der Waals surface area (Å²) in [6.45, 7) is 6.63. The van der Waals surface area contributed by atoms with Gasteiger partial charge in [-0.1, -0.05) is 6.07 Å². The zero-order valence-electron chi connectivity index (χ0n) is 12.5. The molecule has 1 aromatic heterocycles. The molecule has 1 aromatic rings. The second-order valence-electron chi connectivity index (χ2n) is 5.65. The van der Waals surface area contributed by atoms with E-state index in [0.717, 1.165) is 12.1 Å². The van der Waals surface area contributed by atoms with Crippen LogP contribution in [0.3, 0.4) is 0 Å². The van der Waals surface area contributed by atoms with Gasteiger partial charge in [0.05, 0.1) is 12.2 Å². The topological polar surface area (TPSA) is 62.7 Å². The number of hydrogen-bond donors (Lipinski definition) is 1. The number of nitrogens with zero attached hydrogens (tertiary/aromatic N) is 2. The lowest BCUT2D eigenvalue weighted by atomic mass is 10.2. The molecular weight excluding hydrogens is 256 g/mol. The van der Waals surface area contributed by atoms with Crippen molar-refractivity contribution in [2.24, 2.45) is 0 Å². The monoisotopic (exact) mass is 280 g/mol. The van der Waals surface area contributed by atoms with Crippen LogP contribution in [0, 0.1) is 0 Å². The van der Waals surface area contributed by atoms with Crippen LogP contribution < -0.4 is 0 Å². The van der Waals surface area contributed by atoms with Crippen LogP contribution in [0.15, 0.2) is 24.4 Å². The molecule has 0 aliphatic rings. The molecule has 0 atom stereocenters. The quantitative estimate of drug-likeness (QED) is 0.814. The molecule has 5 nitrogen and oxygen atoms in total. The summed E-state index contributed by atoms with van der Waals surface area (Å²) in [5.74, 6) is 0. The maximum absolute atomic E-state index is 12.2. The minimum absolute atomic E-state index is 0.131. The molecular formula is C15H24N2O3. The van der Waals surface area contributed by atoms with Crippen LogP contribution in [-0.2, 0) is 11.3 Å². The molecule has 0 bridgehead atoms. The van der Waals surface area contributed by atoms with E-state index >= 15 is 0 Å². The molecule has 0 unspecified atom stereocenters. The molecule has 0 aromatic carbocycles. The Bertz CT molecular complexity index is 401. The summed E-state index contributed by atoms with van der Waals surface area (Å²) < 4.78 is 5.40. The number of ether oxygens (including phenoxy) is 1. The van der Waals surface area contributed by atoms with Gasteiger partial charge in [0.1, 0.15) is 5.60 Å². The second kappa shape index (κ2) is 7.85. The number of carbonyl (C=O) groups is 1. The van der Waals surface area contributed by atoms with Crippen LogP contribution in [0.25, 0.3) is 0 Å². The fraction of sp³-hybridized carbons (Fsp3) is 0.600. The molecule has 1 heterocycles. The number of rotatable bonds is 6. The van der Waals surface area contributed by atoms with E-state index < -0.39 is 5.60 Å². The summed E-state index contributed by atoms with van der Waals surface area (Å²) in [4.78, 5) is 18.0. The Hall–Kier alpha value is -1.62. The summed E-state index contributed by atoms with van der Waals surface area (Å²) in [5.41, 5.74) is 0.304. The van der Waals surface area contributed by atoms with E-state index in [2.05, 4.69) is 4.98 Å². The van der Waals surface area contributed by atoms with E-state index in [1.54, 1.807) is 11.1 Å². The van der Waals surface area contributed by atoms with E-state index in [0.29, 0.717) is 19.5 Å². The number of aromatic nitrogens is 1. The number of aliphatic hydroxyl groups excluding tert-OH is 1. The average molecular weight is 280 g/mol. The number of amides is 1. The third kappa shape index (κ3) is 6.52. The highest BCUT2D eigenvalue weighted by molar-refractivity contribution is 5.68. The van der Waals surface area contributed by atoms with E-state index in [1.807, 2.05) is 39.0 Å². The van der Waals surface area contributed by atoms with Gasteiger partial charge in [0, 0.05) is 19.3 Å². The molecule has 0 spiro atoms. The van der Waals surface area contributed by atoms with Crippen molar-refractivity contribution in [2.75, 3.05) is 13.2 Å². The van der Waals surface area contributed by atoms with Crippen LogP contribution in [0.5, 0.6) is 0 Å². The summed E-state index contributed by atoms with van der Waals surface area (Å²) in [6, 6.07) is 5.61. The van der Waals surface area contributed by atoms with Crippen molar-refractivity contribution in [3.8, 4) is 0 Å². The molecule has 0 radical (unpaired) electrons. The molecule has 0 saturated carbocycles. The van der Waals surface area contributed by atoms with Crippen molar-refractivity contribution in [2.45, 2.75) is 45.8 Å². The lowest BCUT2D eigenvalue weighted by molar-refractivity contribution is 0.0225. The molecule has 20 heavy (non-hydrogen) atoms. The lowest BCUT2D eigenvalue weighted by Crippen LogP contribution is -2.37. The summed E-state index contributed by atoms with van der Waals surface area (Å²) in [7, 11) is 0. The first-order valence-electron chi connectivity index (χ1n) is 6.91. The molecule has 0 fully saturated rings. The summed E-state index contributed by atoms with van der Waals surface area (Å²) in [5, 5.41) is 8.85. The highest BCUT2D eigenvalue weighted by atomic mass is 16.6. The van der Waals surface area contributed by atoms with Crippen molar-refractivity contribution in [3.63, 3.8) is 0 Å². The summed E-state index contributed by atoms with van der Waals surface area (Å²) >= 11 is 0. The lowest BCUT2D eigenvalue weighted by Gasteiger charge is -2.27. The van der Waals surface area contributed by atoms with Gasteiger partial charge in [-0.25, -0.2) is 4.79 Å². The van der Waals surface area contributed by atoms with E-state index in [-0.39, 0.29) is 12.7 Å². The Balaban J connectivity index is 2.66. The van der Waals surface area contributed by atoms with Gasteiger partial charge in [0.25, 0.3) is 0 Å². The Kier molecular flexibility index (Phi) is 6.45. The zero-order valence-corrected chi connectivity index (χ0v) is 12.5. The van der Waals surface area contributed by atoms with Crippen molar-refractivity contribution in [3.05, 3.63) is 30.1 Å². The molecule has 1 N–H and O–H groups in total. The van der Waals surface area contributed by atoms with Crippen molar-refractivity contribution in [1.29, 1.82) is 0 Å². The van der Waals surface area contributed by atoms with Crippen LogP contribution in [-0.4, -0.2) is 39.8 Å². The highest BCUT2D eigenvalue weighted by Gasteiger charge is 2.22. The van der Waals surface area contributed by atoms with Gasteiger partial charge >= 0.3 is 6.09 Å². The molecule has 1 rings (SSSR count). The fourth-order valence-corrected chi connectivity index (χ4v) is 1.66. The van der Waals surface area contributed by atoms with E-state index in [4.69, 9.17) is 9.84 Å². The van der Waals surface area contributed by atoms with E-state index in [1.165, 1.54) is 0 Å². The van der Waals surface area contributed by atoms with Gasteiger partial charge in [0.15, 0.2) is 0 Å². The fourth-order valence-electron chi connectivity index (χ4n) is 1.66. The third-order valence-electron chi connectivity index (χ3n) is 2.57. The minimum Gasteiger partial charge on any atom is -0.444 e. The van der Waals surface area contributed by atoms with Crippen molar-refractivity contribution < 1.29 is 14.6 Å². The number of pyridine rings is 1. The maximum Gasteiger partial charge on any atom is 0.410 e. The largest absolute Gasteiger partial charge is 0.444 e. The SMILES string of the molecule is CC(C)(C)OC(=O)N(CCCCO)Cc1ccccn1. The Morgan fingerprint density at radius 3 is 2.65 bits per heavy atom. The molecule has 1 amide bonds. The van der Waals surface area contributed by atoms with Gasteiger partial charge in [-0.2, -0.15) is 0 Å². The van der Waals surface area contributed by atoms with Crippen molar-refractivity contribution >= 4 is 6.09 Å². The van der Waals surface area contributed by atoms with Gasteiger partial charge in [0.2, 0.25) is 0 Å². The Morgan fingerprint density at radius 2 is 2.10 bits per heavy atom. The van der Waals surface area contributed by atoms with Crippen LogP contribution in [0.2, 0.25) is 0 Å². The van der Waals surface area contributed by atoms with Crippen LogP contribution >= 0.6 is 0 Å².